The van der Waals surface area contributed by atoms with Crippen LogP contribution in [0, 0.1) is 0 Å². The van der Waals surface area contributed by atoms with E-state index < -0.39 is 0 Å². The van der Waals surface area contributed by atoms with Crippen LogP contribution in [0.5, 0.6) is 5.75 Å². The summed E-state index contributed by atoms with van der Waals surface area (Å²) in [5, 5.41) is 2.81. The summed E-state index contributed by atoms with van der Waals surface area (Å²) < 4.78 is 5.17. The SMILES string of the molecule is COc1cccc(NC(=O)c2ccnc(C(=O)N3CCc4ccccc43)c2)c1. The van der Waals surface area contributed by atoms with Gasteiger partial charge in [-0.05, 0) is 42.3 Å². The number of pyridine rings is 1. The maximum absolute atomic E-state index is 12.9. The van der Waals surface area contributed by atoms with Gasteiger partial charge in [0, 0.05) is 35.7 Å². The molecule has 2 heterocycles. The topological polar surface area (TPSA) is 71.5 Å². The first kappa shape index (κ1) is 17.7. The monoisotopic (exact) mass is 373 g/mol. The molecule has 140 valence electrons. The van der Waals surface area contributed by atoms with E-state index in [4.69, 9.17) is 4.74 Å². The number of aromatic nitrogens is 1. The minimum absolute atomic E-state index is 0.207. The lowest BCUT2D eigenvalue weighted by Crippen LogP contribution is -2.30. The number of rotatable bonds is 4. The molecule has 0 radical (unpaired) electrons. The van der Waals surface area contributed by atoms with E-state index in [1.54, 1.807) is 42.3 Å². The number of methoxy groups -OCH3 is 1. The fraction of sp³-hybridized carbons (Fsp3) is 0.136. The van der Waals surface area contributed by atoms with E-state index in [9.17, 15) is 9.59 Å². The van der Waals surface area contributed by atoms with Crippen molar-refractivity contribution in [1.82, 2.24) is 4.98 Å². The molecule has 6 heteroatoms. The van der Waals surface area contributed by atoms with Crippen LogP contribution in [0.25, 0.3) is 0 Å². The smallest absolute Gasteiger partial charge is 0.276 e. The van der Waals surface area contributed by atoms with Crippen LogP contribution in [0.2, 0.25) is 0 Å². The second kappa shape index (κ2) is 7.52. The van der Waals surface area contributed by atoms with Crippen LogP contribution in [0.3, 0.4) is 0 Å². The molecule has 6 nitrogen and oxygen atoms in total. The lowest BCUT2D eigenvalue weighted by molar-refractivity contribution is 0.0984. The van der Waals surface area contributed by atoms with Crippen molar-refractivity contribution < 1.29 is 14.3 Å². The highest BCUT2D eigenvalue weighted by atomic mass is 16.5. The van der Waals surface area contributed by atoms with Gasteiger partial charge in [0.15, 0.2) is 0 Å². The van der Waals surface area contributed by atoms with Crippen molar-refractivity contribution in [1.29, 1.82) is 0 Å². The van der Waals surface area contributed by atoms with Crippen molar-refractivity contribution >= 4 is 23.2 Å². The van der Waals surface area contributed by atoms with Gasteiger partial charge in [-0.25, -0.2) is 0 Å². The van der Waals surface area contributed by atoms with Gasteiger partial charge in [-0.15, -0.1) is 0 Å². The second-order valence-electron chi connectivity index (χ2n) is 6.45. The molecule has 0 atom stereocenters. The lowest BCUT2D eigenvalue weighted by atomic mass is 10.1. The maximum Gasteiger partial charge on any atom is 0.276 e. The van der Waals surface area contributed by atoms with Crippen LogP contribution in [0.1, 0.15) is 26.4 Å². The Morgan fingerprint density at radius 1 is 1.07 bits per heavy atom. The molecule has 0 saturated carbocycles. The average Bonchev–Trinajstić information content (AvgIpc) is 3.17. The molecular formula is C22H19N3O3. The number of fused-ring (bicyclic) bond motifs is 1. The largest absolute Gasteiger partial charge is 0.497 e. The highest BCUT2D eigenvalue weighted by Gasteiger charge is 2.26. The number of benzene rings is 2. The Balaban J connectivity index is 1.54. The molecule has 1 aliphatic heterocycles. The summed E-state index contributed by atoms with van der Waals surface area (Å²) >= 11 is 0. The third kappa shape index (κ3) is 3.44. The number of nitrogens with one attached hydrogen (secondary N) is 1. The fourth-order valence-electron chi connectivity index (χ4n) is 3.28. The van der Waals surface area contributed by atoms with Crippen LogP contribution in [-0.4, -0.2) is 30.5 Å². The van der Waals surface area contributed by atoms with Crippen LogP contribution < -0.4 is 15.0 Å². The van der Waals surface area contributed by atoms with E-state index in [2.05, 4.69) is 10.3 Å². The molecule has 0 saturated heterocycles. The molecule has 3 aromatic rings. The lowest BCUT2D eigenvalue weighted by Gasteiger charge is -2.17. The number of nitrogens with zero attached hydrogens (tertiary/aromatic N) is 2. The van der Waals surface area contributed by atoms with Crippen molar-refractivity contribution in [3.05, 3.63) is 83.7 Å². The number of para-hydroxylation sites is 1. The van der Waals surface area contributed by atoms with Gasteiger partial charge in [0.05, 0.1) is 7.11 Å². The minimum atomic E-state index is -0.313. The molecule has 0 fully saturated rings. The predicted molar refractivity (Wildman–Crippen MR) is 107 cm³/mol. The maximum atomic E-state index is 12.9. The Hall–Kier alpha value is -3.67. The van der Waals surface area contributed by atoms with E-state index >= 15 is 0 Å². The Kier molecular flexibility index (Phi) is 4.76. The standard InChI is InChI=1S/C22H19N3O3/c1-28-18-7-4-6-17(14-18)24-21(26)16-9-11-23-19(13-16)22(27)25-12-10-15-5-2-3-8-20(15)25/h2-9,11,13-14H,10,12H2,1H3,(H,24,26). The zero-order valence-corrected chi connectivity index (χ0v) is 15.4. The van der Waals surface area contributed by atoms with E-state index in [1.807, 2.05) is 24.3 Å². The number of ether oxygens (including phenoxy) is 1. The first-order valence-corrected chi connectivity index (χ1v) is 8.97. The highest BCUT2D eigenvalue weighted by Crippen LogP contribution is 2.28. The molecule has 0 aliphatic carbocycles. The van der Waals surface area contributed by atoms with Crippen LogP contribution in [0.15, 0.2) is 66.9 Å². The van der Waals surface area contributed by atoms with Crippen molar-refractivity contribution in [2.24, 2.45) is 0 Å². The molecule has 0 spiro atoms. The van der Waals surface area contributed by atoms with Gasteiger partial charge in [0.2, 0.25) is 0 Å². The number of hydrogen-bond donors (Lipinski definition) is 1. The van der Waals surface area contributed by atoms with Crippen molar-refractivity contribution in [2.75, 3.05) is 23.9 Å². The Bertz CT molecular complexity index is 1050. The highest BCUT2D eigenvalue weighted by molar-refractivity contribution is 6.09. The average molecular weight is 373 g/mol. The molecule has 0 bridgehead atoms. The summed E-state index contributed by atoms with van der Waals surface area (Å²) in [7, 11) is 1.57. The Labute approximate surface area is 162 Å². The van der Waals surface area contributed by atoms with Gasteiger partial charge in [0.25, 0.3) is 11.8 Å². The van der Waals surface area contributed by atoms with E-state index in [0.717, 1.165) is 17.7 Å². The van der Waals surface area contributed by atoms with Gasteiger partial charge in [-0.1, -0.05) is 24.3 Å². The first-order chi connectivity index (χ1) is 13.7. The number of carbonyl (C=O) groups is 2. The van der Waals surface area contributed by atoms with Crippen molar-refractivity contribution in [2.45, 2.75) is 6.42 Å². The summed E-state index contributed by atoms with van der Waals surface area (Å²) in [5.41, 5.74) is 3.27. The first-order valence-electron chi connectivity index (χ1n) is 8.97. The summed E-state index contributed by atoms with van der Waals surface area (Å²) in [4.78, 5) is 31.4. The van der Waals surface area contributed by atoms with Gasteiger partial charge < -0.3 is 15.0 Å². The summed E-state index contributed by atoms with van der Waals surface area (Å²) in [6.07, 6.45) is 2.30. The molecule has 4 rings (SSSR count). The molecule has 1 N–H and O–H groups in total. The van der Waals surface area contributed by atoms with Gasteiger partial charge in [0.1, 0.15) is 11.4 Å². The summed E-state index contributed by atoms with van der Waals surface area (Å²) in [6.45, 7) is 0.611. The summed E-state index contributed by atoms with van der Waals surface area (Å²) in [5.74, 6) is 0.128. The minimum Gasteiger partial charge on any atom is -0.497 e. The Morgan fingerprint density at radius 2 is 1.93 bits per heavy atom. The molecule has 2 aromatic carbocycles. The van der Waals surface area contributed by atoms with Crippen LogP contribution >= 0.6 is 0 Å². The molecule has 0 unspecified atom stereocenters. The van der Waals surface area contributed by atoms with Crippen LogP contribution in [-0.2, 0) is 6.42 Å². The normalized spacial score (nSPS) is 12.4. The molecule has 2 amide bonds. The van der Waals surface area contributed by atoms with Gasteiger partial charge in [-0.3, -0.25) is 14.6 Å². The molecular weight excluding hydrogens is 354 g/mol. The van der Waals surface area contributed by atoms with Crippen molar-refractivity contribution in [3.8, 4) is 5.75 Å². The molecule has 1 aromatic heterocycles. The number of carbonyl (C=O) groups excluding carboxylic acids is 2. The predicted octanol–water partition coefficient (Wildman–Crippen LogP) is 3.55. The second-order valence-corrected chi connectivity index (χ2v) is 6.45. The van der Waals surface area contributed by atoms with Gasteiger partial charge in [-0.2, -0.15) is 0 Å². The zero-order valence-electron chi connectivity index (χ0n) is 15.4. The van der Waals surface area contributed by atoms with Gasteiger partial charge >= 0.3 is 0 Å². The van der Waals surface area contributed by atoms with E-state index in [-0.39, 0.29) is 17.5 Å². The zero-order chi connectivity index (χ0) is 19.5. The number of hydrogen-bond acceptors (Lipinski definition) is 4. The quantitative estimate of drug-likeness (QED) is 0.759. The third-order valence-electron chi connectivity index (χ3n) is 4.70. The number of anilines is 2. The van der Waals surface area contributed by atoms with E-state index in [0.29, 0.717) is 23.5 Å². The summed E-state index contributed by atoms with van der Waals surface area (Å²) in [6, 6.07) is 18.0. The van der Waals surface area contributed by atoms with E-state index in [1.165, 1.54) is 12.3 Å². The molecule has 28 heavy (non-hydrogen) atoms. The fourth-order valence-corrected chi connectivity index (χ4v) is 3.28. The number of amides is 2. The molecule has 1 aliphatic rings. The Morgan fingerprint density at radius 3 is 2.79 bits per heavy atom. The van der Waals surface area contributed by atoms with Crippen molar-refractivity contribution in [3.63, 3.8) is 0 Å². The van der Waals surface area contributed by atoms with Crippen LogP contribution in [0.4, 0.5) is 11.4 Å². The third-order valence-corrected chi connectivity index (χ3v) is 4.70.